The minimum atomic E-state index is -0.854. The number of urea groups is 1. The van der Waals surface area contributed by atoms with Gasteiger partial charge in [0, 0.05) is 12.5 Å². The van der Waals surface area contributed by atoms with Crippen LogP contribution in [0.25, 0.3) is 0 Å². The first-order valence-electron chi connectivity index (χ1n) is 9.79. The molecule has 1 aliphatic carbocycles. The Morgan fingerprint density at radius 1 is 1.25 bits per heavy atom. The molecule has 0 aromatic heterocycles. The summed E-state index contributed by atoms with van der Waals surface area (Å²) in [5.41, 5.74) is 0.446. The van der Waals surface area contributed by atoms with E-state index in [-0.39, 0.29) is 36.1 Å². The van der Waals surface area contributed by atoms with E-state index in [1.165, 1.54) is 6.92 Å². The van der Waals surface area contributed by atoms with Crippen LogP contribution in [0.2, 0.25) is 0 Å². The Hall–Kier alpha value is -2.70. The lowest BCUT2D eigenvalue weighted by Crippen LogP contribution is -2.54. The Labute approximate surface area is 164 Å². The van der Waals surface area contributed by atoms with Gasteiger partial charge in [-0.05, 0) is 31.2 Å². The molecule has 2 aliphatic rings. The van der Waals surface area contributed by atoms with Gasteiger partial charge in [-0.25, -0.2) is 4.79 Å². The number of nitrogens with one attached hydrogen (secondary N) is 2. The van der Waals surface area contributed by atoms with E-state index < -0.39 is 11.6 Å². The second kappa shape index (κ2) is 7.73. The number of Topliss-reactive ketones (excluding diaryl/α,β-unsaturated/α-hetero) is 1. The van der Waals surface area contributed by atoms with Gasteiger partial charge in [0.25, 0.3) is 5.91 Å². The number of benzene rings is 1. The minimum absolute atomic E-state index is 0.0624. The molecule has 2 fully saturated rings. The normalized spacial score (nSPS) is 25.5. The lowest BCUT2D eigenvalue weighted by Gasteiger charge is -2.36. The van der Waals surface area contributed by atoms with Crippen molar-refractivity contribution >= 4 is 23.6 Å². The third-order valence-corrected chi connectivity index (χ3v) is 5.96. The third-order valence-electron chi connectivity index (χ3n) is 5.96. The van der Waals surface area contributed by atoms with Gasteiger partial charge < -0.3 is 10.6 Å². The van der Waals surface area contributed by atoms with Crippen molar-refractivity contribution < 1.29 is 19.2 Å². The highest BCUT2D eigenvalue weighted by molar-refractivity contribution is 6.11. The molecule has 2 N–H and O–H groups in total. The lowest BCUT2D eigenvalue weighted by atomic mass is 9.73. The number of nitrogens with zero attached hydrogens (tertiary/aromatic N) is 1. The maximum absolute atomic E-state index is 13.0. The summed E-state index contributed by atoms with van der Waals surface area (Å²) in [6.45, 7) is 5.03. The second-order valence-electron chi connectivity index (χ2n) is 7.91. The van der Waals surface area contributed by atoms with Crippen LogP contribution in [0.15, 0.2) is 24.3 Å². The number of ketones is 1. The fourth-order valence-corrected chi connectivity index (χ4v) is 4.22. The average molecular weight is 385 g/mol. The summed E-state index contributed by atoms with van der Waals surface area (Å²) < 4.78 is 0. The molecule has 0 radical (unpaired) electrons. The van der Waals surface area contributed by atoms with E-state index in [9.17, 15) is 19.2 Å². The number of imide groups is 1. The van der Waals surface area contributed by atoms with Gasteiger partial charge in [0.15, 0.2) is 5.78 Å². The SMILES string of the molecule is CC(=O)N[C@H](C)c1ccc(C(=O)CN2C(=O)N[C@@]3(CCCC[C@@H]3C)C2=O)cc1. The first-order valence-corrected chi connectivity index (χ1v) is 9.79. The fraction of sp³-hybridized carbons (Fsp3) is 0.524. The first kappa shape index (κ1) is 20.0. The maximum Gasteiger partial charge on any atom is 0.325 e. The largest absolute Gasteiger partial charge is 0.350 e. The molecule has 1 aromatic carbocycles. The number of carbonyl (C=O) groups excluding carboxylic acids is 4. The zero-order valence-electron chi connectivity index (χ0n) is 16.6. The van der Waals surface area contributed by atoms with Gasteiger partial charge in [-0.1, -0.05) is 44.0 Å². The van der Waals surface area contributed by atoms with Gasteiger partial charge in [0.05, 0.1) is 12.6 Å². The molecule has 7 nitrogen and oxygen atoms in total. The van der Waals surface area contributed by atoms with Crippen LogP contribution >= 0.6 is 0 Å². The van der Waals surface area contributed by atoms with Gasteiger partial charge >= 0.3 is 6.03 Å². The van der Waals surface area contributed by atoms with Crippen LogP contribution in [-0.2, 0) is 9.59 Å². The summed E-state index contributed by atoms with van der Waals surface area (Å²) >= 11 is 0. The second-order valence-corrected chi connectivity index (χ2v) is 7.91. The van der Waals surface area contributed by atoms with Crippen LogP contribution in [0.1, 0.15) is 68.4 Å². The fourth-order valence-electron chi connectivity index (χ4n) is 4.22. The maximum atomic E-state index is 13.0. The lowest BCUT2D eigenvalue weighted by molar-refractivity contribution is -0.134. The minimum Gasteiger partial charge on any atom is -0.350 e. The van der Waals surface area contributed by atoms with Crippen molar-refractivity contribution in [3.05, 3.63) is 35.4 Å². The average Bonchev–Trinajstić information content (AvgIpc) is 2.88. The molecule has 1 aliphatic heterocycles. The predicted octanol–water partition coefficient (Wildman–Crippen LogP) is 2.57. The van der Waals surface area contributed by atoms with Crippen LogP contribution in [-0.4, -0.2) is 40.6 Å². The van der Waals surface area contributed by atoms with Crippen molar-refractivity contribution in [2.24, 2.45) is 5.92 Å². The predicted molar refractivity (Wildman–Crippen MR) is 104 cm³/mol. The Kier molecular flexibility index (Phi) is 5.54. The third kappa shape index (κ3) is 3.66. The van der Waals surface area contributed by atoms with Crippen molar-refractivity contribution in [2.45, 2.75) is 58.0 Å². The standard InChI is InChI=1S/C21H27N3O4/c1-13-6-4-5-11-21(13)19(27)24(20(28)23-21)12-18(26)17-9-7-16(8-10-17)14(2)22-15(3)25/h7-10,13-14H,4-6,11-12H2,1-3H3,(H,22,25)(H,23,28)/t13-,14+,21+/m0/s1. The highest BCUT2D eigenvalue weighted by atomic mass is 16.2. The topological polar surface area (TPSA) is 95.6 Å². The van der Waals surface area contributed by atoms with Crippen LogP contribution in [0, 0.1) is 5.92 Å². The van der Waals surface area contributed by atoms with E-state index in [0.29, 0.717) is 12.0 Å². The zero-order valence-corrected chi connectivity index (χ0v) is 16.6. The van der Waals surface area contributed by atoms with Crippen LogP contribution in [0.5, 0.6) is 0 Å². The molecule has 0 unspecified atom stereocenters. The van der Waals surface area contributed by atoms with Crippen molar-refractivity contribution in [3.63, 3.8) is 0 Å². The molecule has 4 amide bonds. The molecule has 150 valence electrons. The molecular formula is C21H27N3O4. The number of carbonyl (C=O) groups is 4. The van der Waals surface area contributed by atoms with E-state index in [2.05, 4.69) is 10.6 Å². The molecule has 1 saturated carbocycles. The van der Waals surface area contributed by atoms with Crippen LogP contribution in [0.4, 0.5) is 4.79 Å². The van der Waals surface area contributed by atoms with E-state index in [4.69, 9.17) is 0 Å². The quantitative estimate of drug-likeness (QED) is 0.601. The molecule has 3 rings (SSSR count). The molecule has 1 aromatic rings. The van der Waals surface area contributed by atoms with Gasteiger partial charge in [-0.15, -0.1) is 0 Å². The smallest absolute Gasteiger partial charge is 0.325 e. The molecule has 28 heavy (non-hydrogen) atoms. The summed E-state index contributed by atoms with van der Waals surface area (Å²) in [6.07, 6.45) is 3.46. The Morgan fingerprint density at radius 3 is 2.54 bits per heavy atom. The summed E-state index contributed by atoms with van der Waals surface area (Å²) in [7, 11) is 0. The Morgan fingerprint density at radius 2 is 1.93 bits per heavy atom. The molecule has 7 heteroatoms. The van der Waals surface area contributed by atoms with E-state index in [1.807, 2.05) is 13.8 Å². The van der Waals surface area contributed by atoms with E-state index in [0.717, 1.165) is 29.7 Å². The highest BCUT2D eigenvalue weighted by Gasteiger charge is 2.55. The van der Waals surface area contributed by atoms with Crippen LogP contribution < -0.4 is 10.6 Å². The summed E-state index contributed by atoms with van der Waals surface area (Å²) in [6, 6.07) is 6.21. The number of rotatable bonds is 5. The van der Waals surface area contributed by atoms with Crippen LogP contribution in [0.3, 0.4) is 0 Å². The zero-order chi connectivity index (χ0) is 20.5. The number of hydrogen-bond acceptors (Lipinski definition) is 4. The molecule has 1 spiro atoms. The van der Waals surface area contributed by atoms with Gasteiger partial charge in [0.1, 0.15) is 5.54 Å². The Bertz CT molecular complexity index is 804. The molecule has 3 atom stereocenters. The number of amides is 4. The molecule has 1 saturated heterocycles. The van der Waals surface area contributed by atoms with Gasteiger partial charge in [-0.2, -0.15) is 0 Å². The first-order chi connectivity index (χ1) is 13.2. The van der Waals surface area contributed by atoms with E-state index >= 15 is 0 Å². The van der Waals surface area contributed by atoms with Gasteiger partial charge in [-0.3, -0.25) is 19.3 Å². The van der Waals surface area contributed by atoms with E-state index in [1.54, 1.807) is 24.3 Å². The van der Waals surface area contributed by atoms with Gasteiger partial charge in [0.2, 0.25) is 5.91 Å². The van der Waals surface area contributed by atoms with Crippen molar-refractivity contribution in [3.8, 4) is 0 Å². The molecule has 0 bridgehead atoms. The Balaban J connectivity index is 1.70. The summed E-state index contributed by atoms with van der Waals surface area (Å²) in [4.78, 5) is 50.3. The summed E-state index contributed by atoms with van der Waals surface area (Å²) in [5.74, 6) is -0.638. The van der Waals surface area contributed by atoms with Crippen molar-refractivity contribution in [2.75, 3.05) is 6.54 Å². The monoisotopic (exact) mass is 385 g/mol. The van der Waals surface area contributed by atoms with Crippen molar-refractivity contribution in [1.29, 1.82) is 0 Å². The molecular weight excluding hydrogens is 358 g/mol. The number of hydrogen-bond donors (Lipinski definition) is 2. The molecule has 1 heterocycles. The highest BCUT2D eigenvalue weighted by Crippen LogP contribution is 2.38. The summed E-state index contributed by atoms with van der Waals surface area (Å²) in [5, 5.41) is 5.65. The van der Waals surface area contributed by atoms with Crippen molar-refractivity contribution in [1.82, 2.24) is 15.5 Å².